The Morgan fingerprint density at radius 3 is 1.71 bits per heavy atom. The van der Waals surface area contributed by atoms with Crippen LogP contribution in [0.1, 0.15) is 19.3 Å². The first-order valence-electron chi connectivity index (χ1n) is 2.29. The quantitative estimate of drug-likeness (QED) is 0.424. The van der Waals surface area contributed by atoms with Crippen LogP contribution < -0.4 is 0 Å². The van der Waals surface area contributed by atoms with E-state index in [1.54, 1.807) is 10.7 Å². The van der Waals surface area contributed by atoms with Gasteiger partial charge < -0.3 is 0 Å². The summed E-state index contributed by atoms with van der Waals surface area (Å²) in [5.74, 6) is 0. The lowest BCUT2D eigenvalue weighted by Crippen LogP contribution is -1.73. The van der Waals surface area contributed by atoms with E-state index in [1.807, 2.05) is 0 Å². The third-order valence-corrected chi connectivity index (χ3v) is 1.12. The average molecular weight is 132 g/mol. The van der Waals surface area contributed by atoms with Gasteiger partial charge in [0, 0.05) is 0 Å². The zero-order valence-corrected chi connectivity index (χ0v) is 5.73. The Kier molecular flexibility index (Phi) is 6.34. The molecule has 0 aliphatic heterocycles. The molecule has 0 aromatic rings. The number of thiocarbonyl (C=S) groups is 2. The first-order valence-corrected chi connectivity index (χ1v) is 3.23. The molecule has 2 heteroatoms. The van der Waals surface area contributed by atoms with Crippen molar-refractivity contribution in [3.63, 3.8) is 0 Å². The van der Waals surface area contributed by atoms with Gasteiger partial charge in [-0.2, -0.15) is 0 Å². The molecule has 0 N–H and O–H groups in total. The van der Waals surface area contributed by atoms with E-state index in [2.05, 4.69) is 24.4 Å². The lowest BCUT2D eigenvalue weighted by molar-refractivity contribution is 0.958. The molecule has 0 atom stereocenters. The van der Waals surface area contributed by atoms with E-state index >= 15 is 0 Å². The molecule has 0 rings (SSSR count). The predicted octanol–water partition coefficient (Wildman–Crippen LogP) is 2.16. The molecule has 0 saturated carbocycles. The Hall–Kier alpha value is 0.180. The van der Waals surface area contributed by atoms with Crippen LogP contribution in [-0.2, 0) is 0 Å². The summed E-state index contributed by atoms with van der Waals surface area (Å²) in [5.41, 5.74) is 0. The largest absolute Gasteiger partial charge is 0.0935 e. The standard InChI is InChI=1S/C5H8S2/c6-4-2-1-3-5-7/h4-5H,1-3H2. The second-order valence-corrected chi connectivity index (χ2v) is 1.93. The third kappa shape index (κ3) is 6.18. The van der Waals surface area contributed by atoms with Gasteiger partial charge in [0.15, 0.2) is 0 Å². The van der Waals surface area contributed by atoms with Crippen molar-refractivity contribution >= 4 is 35.2 Å². The molecule has 0 aromatic carbocycles. The Morgan fingerprint density at radius 2 is 1.43 bits per heavy atom. The fraction of sp³-hybridized carbons (Fsp3) is 0.600. The van der Waals surface area contributed by atoms with Gasteiger partial charge in [-0.05, 0) is 30.0 Å². The van der Waals surface area contributed by atoms with Crippen molar-refractivity contribution in [1.82, 2.24) is 0 Å². The van der Waals surface area contributed by atoms with Crippen LogP contribution in [0, 0.1) is 0 Å². The molecule has 0 heterocycles. The van der Waals surface area contributed by atoms with Crippen LogP contribution in [0.4, 0.5) is 0 Å². The van der Waals surface area contributed by atoms with Gasteiger partial charge in [0.1, 0.15) is 0 Å². The van der Waals surface area contributed by atoms with Gasteiger partial charge in [0.2, 0.25) is 0 Å². The minimum atomic E-state index is 1.02. The molecule has 0 spiro atoms. The Labute approximate surface area is 54.9 Å². The highest BCUT2D eigenvalue weighted by atomic mass is 32.1. The first-order chi connectivity index (χ1) is 3.41. The summed E-state index contributed by atoms with van der Waals surface area (Å²) in [6, 6.07) is 0. The summed E-state index contributed by atoms with van der Waals surface area (Å²) in [4.78, 5) is 0. The normalized spacial score (nSPS) is 8.00. The van der Waals surface area contributed by atoms with Crippen LogP contribution in [-0.4, -0.2) is 10.7 Å². The number of hydrogen-bond donors (Lipinski definition) is 0. The second-order valence-electron chi connectivity index (χ2n) is 1.26. The van der Waals surface area contributed by atoms with E-state index in [4.69, 9.17) is 0 Å². The Balaban J connectivity index is 2.68. The average Bonchev–Trinajstić information content (AvgIpc) is 1.69. The van der Waals surface area contributed by atoms with Gasteiger partial charge in [0.25, 0.3) is 0 Å². The highest BCUT2D eigenvalue weighted by Gasteiger charge is 1.76. The van der Waals surface area contributed by atoms with Crippen molar-refractivity contribution in [3.8, 4) is 0 Å². The molecule has 0 unspecified atom stereocenters. The molecule has 0 amide bonds. The summed E-state index contributed by atoms with van der Waals surface area (Å²) < 4.78 is 0. The molecule has 0 nitrogen and oxygen atoms in total. The van der Waals surface area contributed by atoms with Crippen LogP contribution in [0.15, 0.2) is 0 Å². The topological polar surface area (TPSA) is 0 Å². The molecular weight excluding hydrogens is 124 g/mol. The smallest absolute Gasteiger partial charge is 0.0210 e. The minimum Gasteiger partial charge on any atom is -0.0935 e. The molecule has 0 aliphatic carbocycles. The number of hydrogen-bond acceptors (Lipinski definition) is 2. The maximum absolute atomic E-state index is 4.59. The molecule has 0 bridgehead atoms. The van der Waals surface area contributed by atoms with Crippen LogP contribution in [0.5, 0.6) is 0 Å². The fourth-order valence-corrected chi connectivity index (χ4v) is 0.618. The zero-order chi connectivity index (χ0) is 5.54. The van der Waals surface area contributed by atoms with Crippen LogP contribution in [0.25, 0.3) is 0 Å². The fourth-order valence-electron chi connectivity index (χ4n) is 0.285. The maximum atomic E-state index is 4.59. The number of unbranched alkanes of at least 4 members (excludes halogenated alkanes) is 2. The predicted molar refractivity (Wildman–Crippen MR) is 41.2 cm³/mol. The molecule has 40 valence electrons. The van der Waals surface area contributed by atoms with Gasteiger partial charge in [-0.25, -0.2) is 0 Å². The first kappa shape index (κ1) is 7.18. The van der Waals surface area contributed by atoms with Crippen molar-refractivity contribution < 1.29 is 0 Å². The maximum Gasteiger partial charge on any atom is -0.0210 e. The van der Waals surface area contributed by atoms with E-state index in [9.17, 15) is 0 Å². The molecule has 0 aromatic heterocycles. The Bertz CT molecular complexity index is 51.1. The van der Waals surface area contributed by atoms with Crippen molar-refractivity contribution in [1.29, 1.82) is 0 Å². The zero-order valence-electron chi connectivity index (χ0n) is 4.09. The SMILES string of the molecule is S=CCCCC=S. The van der Waals surface area contributed by atoms with Crippen molar-refractivity contribution in [2.24, 2.45) is 0 Å². The van der Waals surface area contributed by atoms with E-state index in [1.165, 1.54) is 0 Å². The van der Waals surface area contributed by atoms with Crippen LogP contribution in [0.2, 0.25) is 0 Å². The van der Waals surface area contributed by atoms with Crippen molar-refractivity contribution in [3.05, 3.63) is 0 Å². The van der Waals surface area contributed by atoms with Crippen molar-refractivity contribution in [2.75, 3.05) is 0 Å². The van der Waals surface area contributed by atoms with E-state index in [0.29, 0.717) is 0 Å². The molecule has 0 fully saturated rings. The molecule has 0 radical (unpaired) electrons. The van der Waals surface area contributed by atoms with E-state index < -0.39 is 0 Å². The van der Waals surface area contributed by atoms with Gasteiger partial charge in [-0.3, -0.25) is 0 Å². The van der Waals surface area contributed by atoms with Crippen molar-refractivity contribution in [2.45, 2.75) is 19.3 Å². The molecule has 0 aliphatic rings. The summed E-state index contributed by atoms with van der Waals surface area (Å²) in [7, 11) is 0. The highest BCUT2D eigenvalue weighted by Crippen LogP contribution is 1.88. The van der Waals surface area contributed by atoms with Gasteiger partial charge in [0.05, 0.1) is 0 Å². The van der Waals surface area contributed by atoms with Crippen LogP contribution in [0.3, 0.4) is 0 Å². The Morgan fingerprint density at radius 1 is 1.00 bits per heavy atom. The minimum absolute atomic E-state index is 1.02. The lowest BCUT2D eigenvalue weighted by Gasteiger charge is -1.82. The summed E-state index contributed by atoms with van der Waals surface area (Å²) in [5, 5.41) is 3.50. The van der Waals surface area contributed by atoms with Gasteiger partial charge in [-0.15, -0.1) is 0 Å². The van der Waals surface area contributed by atoms with Gasteiger partial charge >= 0.3 is 0 Å². The second kappa shape index (κ2) is 6.18. The van der Waals surface area contributed by atoms with Crippen LogP contribution >= 0.6 is 24.4 Å². The summed E-state index contributed by atoms with van der Waals surface area (Å²) >= 11 is 9.18. The van der Waals surface area contributed by atoms with E-state index in [0.717, 1.165) is 19.3 Å². The summed E-state index contributed by atoms with van der Waals surface area (Å²) in [6.45, 7) is 0. The highest BCUT2D eigenvalue weighted by molar-refractivity contribution is 7.79. The molecule has 0 saturated heterocycles. The van der Waals surface area contributed by atoms with Gasteiger partial charge in [-0.1, -0.05) is 24.4 Å². The molecular formula is C5H8S2. The monoisotopic (exact) mass is 132 g/mol. The summed E-state index contributed by atoms with van der Waals surface area (Å²) in [6.07, 6.45) is 3.15. The molecule has 7 heavy (non-hydrogen) atoms. The number of rotatable bonds is 4. The van der Waals surface area contributed by atoms with E-state index in [-0.39, 0.29) is 0 Å². The third-order valence-electron chi connectivity index (χ3n) is 0.644. The lowest BCUT2D eigenvalue weighted by atomic mass is 10.3.